The van der Waals surface area contributed by atoms with E-state index in [0.29, 0.717) is 13.2 Å². The minimum absolute atomic E-state index is 0.0492. The van der Waals surface area contributed by atoms with Gasteiger partial charge in [-0.3, -0.25) is 0 Å². The van der Waals surface area contributed by atoms with Crippen LogP contribution in [-0.2, 0) is 19.2 Å². The Kier molecular flexibility index (Phi) is 30.8. The number of hydrogen-bond donors (Lipinski definition) is 2. The molecule has 6 heteroatoms. The number of aliphatic hydroxyl groups is 2. The summed E-state index contributed by atoms with van der Waals surface area (Å²) in [5.74, 6) is 0. The average molecular weight is 519 g/mol. The lowest BCUT2D eigenvalue weighted by Gasteiger charge is -2.16. The highest BCUT2D eigenvalue weighted by Gasteiger charge is 2.10. The normalized spacial score (nSPS) is 13.3. The summed E-state index contributed by atoms with van der Waals surface area (Å²) in [4.78, 5) is 10.2. The number of ether oxygens (including phenoxy) is 2. The second kappa shape index (κ2) is 31.0. The third-order valence-electron chi connectivity index (χ3n) is 6.61. The van der Waals surface area contributed by atoms with Gasteiger partial charge >= 0.3 is 0 Å². The highest BCUT2D eigenvalue weighted by molar-refractivity contribution is 4.55. The molecule has 6 nitrogen and oxygen atoms in total. The van der Waals surface area contributed by atoms with Crippen LogP contribution in [0.1, 0.15) is 142 Å². The summed E-state index contributed by atoms with van der Waals surface area (Å²) in [6, 6.07) is 0. The van der Waals surface area contributed by atoms with Crippen molar-refractivity contribution in [1.82, 2.24) is 0 Å². The smallest absolute Gasteiger partial charge is 0.111 e. The first kappa shape index (κ1) is 35.8. The summed E-state index contributed by atoms with van der Waals surface area (Å²) in [7, 11) is 0. The quantitative estimate of drug-likeness (QED) is 0.0561. The largest absolute Gasteiger partial charge is 0.394 e. The van der Waals surface area contributed by atoms with Gasteiger partial charge < -0.3 is 19.7 Å². The summed E-state index contributed by atoms with van der Waals surface area (Å²) in [5.41, 5.74) is 0. The van der Waals surface area contributed by atoms with Crippen molar-refractivity contribution < 1.29 is 29.5 Å². The molecular formula is C30H62O6. The third kappa shape index (κ3) is 28.3. The van der Waals surface area contributed by atoms with Crippen molar-refractivity contribution in [3.63, 3.8) is 0 Å². The molecule has 0 aromatic carbocycles. The molecule has 0 saturated carbocycles. The van der Waals surface area contributed by atoms with Gasteiger partial charge in [-0.1, -0.05) is 129 Å². The summed E-state index contributed by atoms with van der Waals surface area (Å²) < 4.78 is 11.2. The highest BCUT2D eigenvalue weighted by Crippen LogP contribution is 2.13. The minimum Gasteiger partial charge on any atom is -0.394 e. The Morgan fingerprint density at radius 1 is 0.500 bits per heavy atom. The highest BCUT2D eigenvalue weighted by atomic mass is 17.2. The molecule has 2 unspecified atom stereocenters. The zero-order chi connectivity index (χ0) is 26.4. The van der Waals surface area contributed by atoms with E-state index in [4.69, 9.17) is 19.2 Å². The van der Waals surface area contributed by atoms with Gasteiger partial charge in [-0.15, -0.1) is 0 Å². The maximum Gasteiger partial charge on any atom is 0.111 e. The van der Waals surface area contributed by atoms with E-state index in [1.54, 1.807) is 0 Å². The average Bonchev–Trinajstić information content (AvgIpc) is 2.89. The van der Waals surface area contributed by atoms with Crippen LogP contribution in [0.4, 0.5) is 0 Å². The molecule has 0 aliphatic rings. The van der Waals surface area contributed by atoms with Gasteiger partial charge in [0.25, 0.3) is 0 Å². The molecule has 0 aliphatic carbocycles. The van der Waals surface area contributed by atoms with E-state index in [2.05, 4.69) is 13.8 Å². The summed E-state index contributed by atoms with van der Waals surface area (Å²) >= 11 is 0. The first-order valence-electron chi connectivity index (χ1n) is 15.5. The van der Waals surface area contributed by atoms with E-state index in [1.165, 1.54) is 109 Å². The van der Waals surface area contributed by atoms with Crippen LogP contribution in [-0.4, -0.2) is 62.1 Å². The monoisotopic (exact) mass is 518 g/mol. The Bertz CT molecular complexity index is 396. The molecule has 0 radical (unpaired) electrons. The fourth-order valence-electron chi connectivity index (χ4n) is 4.20. The fraction of sp³-hybridized carbons (Fsp3) is 1.00. The second-order valence-corrected chi connectivity index (χ2v) is 10.3. The lowest BCUT2D eigenvalue weighted by Crippen LogP contribution is -2.27. The van der Waals surface area contributed by atoms with Crippen molar-refractivity contribution in [1.29, 1.82) is 0 Å². The van der Waals surface area contributed by atoms with Crippen LogP contribution in [0.2, 0.25) is 0 Å². The van der Waals surface area contributed by atoms with Crippen LogP contribution in [0, 0.1) is 0 Å². The maximum atomic E-state index is 9.89. The van der Waals surface area contributed by atoms with Crippen LogP contribution in [0.15, 0.2) is 0 Å². The van der Waals surface area contributed by atoms with E-state index in [1.807, 2.05) is 0 Å². The Morgan fingerprint density at radius 3 is 1.39 bits per heavy atom. The Labute approximate surface area is 223 Å². The molecule has 0 rings (SSSR count). The van der Waals surface area contributed by atoms with Crippen molar-refractivity contribution in [2.24, 2.45) is 0 Å². The van der Waals surface area contributed by atoms with Crippen LogP contribution in [0.3, 0.4) is 0 Å². The van der Waals surface area contributed by atoms with Crippen molar-refractivity contribution in [2.75, 3.05) is 39.6 Å². The van der Waals surface area contributed by atoms with Crippen molar-refractivity contribution in [3.8, 4) is 0 Å². The van der Waals surface area contributed by atoms with Gasteiger partial charge in [0.05, 0.1) is 13.2 Å². The van der Waals surface area contributed by atoms with E-state index in [-0.39, 0.29) is 26.4 Å². The molecule has 0 aliphatic heterocycles. The van der Waals surface area contributed by atoms with Gasteiger partial charge in [-0.25, -0.2) is 9.78 Å². The second-order valence-electron chi connectivity index (χ2n) is 10.3. The Hall–Kier alpha value is -0.240. The van der Waals surface area contributed by atoms with Gasteiger partial charge in [0.2, 0.25) is 0 Å². The first-order chi connectivity index (χ1) is 17.7. The molecule has 0 saturated heterocycles. The standard InChI is InChI=1S/C30H62O6/c1-3-5-7-9-11-12-13-14-15-16-17-18-20-22-24-34-30(25-31)28-36-35-27-29(32)26-33-23-21-19-10-8-6-4-2/h29-32H,3-28H2,1-2H3. The Balaban J connectivity index is 3.37. The van der Waals surface area contributed by atoms with Crippen molar-refractivity contribution >= 4 is 0 Å². The molecular weight excluding hydrogens is 456 g/mol. The SMILES string of the molecule is CCCCCCCCCCCCCCCCOC(CO)COOCC(O)COCCCCCCCC. The molecule has 0 spiro atoms. The number of aliphatic hydroxyl groups excluding tert-OH is 2. The van der Waals surface area contributed by atoms with Crippen LogP contribution in [0.5, 0.6) is 0 Å². The maximum absolute atomic E-state index is 9.89. The predicted molar refractivity (Wildman–Crippen MR) is 149 cm³/mol. The van der Waals surface area contributed by atoms with Crippen LogP contribution >= 0.6 is 0 Å². The van der Waals surface area contributed by atoms with E-state index in [0.717, 1.165) is 19.3 Å². The molecule has 36 heavy (non-hydrogen) atoms. The lowest BCUT2D eigenvalue weighted by molar-refractivity contribution is -0.319. The number of rotatable bonds is 31. The summed E-state index contributed by atoms with van der Waals surface area (Å²) in [6.45, 7) is 6.13. The summed E-state index contributed by atoms with van der Waals surface area (Å²) in [5, 5.41) is 19.3. The molecule has 0 aromatic rings. The number of unbranched alkanes of at least 4 members (excludes halogenated alkanes) is 18. The van der Waals surface area contributed by atoms with E-state index < -0.39 is 12.2 Å². The summed E-state index contributed by atoms with van der Waals surface area (Å²) in [6.07, 6.45) is 24.8. The zero-order valence-electron chi connectivity index (χ0n) is 24.1. The molecule has 218 valence electrons. The van der Waals surface area contributed by atoms with Crippen molar-refractivity contribution in [3.05, 3.63) is 0 Å². The van der Waals surface area contributed by atoms with Gasteiger partial charge in [-0.05, 0) is 12.8 Å². The van der Waals surface area contributed by atoms with Crippen molar-refractivity contribution in [2.45, 2.75) is 154 Å². The number of hydrogen-bond acceptors (Lipinski definition) is 6. The molecule has 0 heterocycles. The molecule has 0 aromatic heterocycles. The van der Waals surface area contributed by atoms with Gasteiger partial charge in [0.15, 0.2) is 0 Å². The van der Waals surface area contributed by atoms with Crippen LogP contribution < -0.4 is 0 Å². The fourth-order valence-corrected chi connectivity index (χ4v) is 4.20. The molecule has 2 N–H and O–H groups in total. The van der Waals surface area contributed by atoms with Crippen LogP contribution in [0.25, 0.3) is 0 Å². The first-order valence-corrected chi connectivity index (χ1v) is 15.5. The molecule has 0 amide bonds. The minimum atomic E-state index is -0.714. The lowest BCUT2D eigenvalue weighted by atomic mass is 10.0. The zero-order valence-corrected chi connectivity index (χ0v) is 24.1. The molecule has 2 atom stereocenters. The molecule has 0 fully saturated rings. The van der Waals surface area contributed by atoms with Gasteiger partial charge in [0.1, 0.15) is 25.4 Å². The Morgan fingerprint density at radius 2 is 0.917 bits per heavy atom. The predicted octanol–water partition coefficient (Wildman–Crippen LogP) is 7.53. The third-order valence-corrected chi connectivity index (χ3v) is 6.61. The topological polar surface area (TPSA) is 77.4 Å². The van der Waals surface area contributed by atoms with E-state index in [9.17, 15) is 10.2 Å². The van der Waals surface area contributed by atoms with E-state index >= 15 is 0 Å². The van der Waals surface area contributed by atoms with Gasteiger partial charge in [0, 0.05) is 13.2 Å². The molecule has 0 bridgehead atoms. The van der Waals surface area contributed by atoms with Gasteiger partial charge in [-0.2, -0.15) is 0 Å².